The van der Waals surface area contributed by atoms with Crippen LogP contribution in [-0.2, 0) is 6.54 Å². The van der Waals surface area contributed by atoms with Gasteiger partial charge in [-0.3, -0.25) is 19.1 Å². The van der Waals surface area contributed by atoms with Crippen molar-refractivity contribution in [1.82, 2.24) is 14.5 Å². The van der Waals surface area contributed by atoms with E-state index in [-0.39, 0.29) is 18.0 Å². The van der Waals surface area contributed by atoms with Crippen molar-refractivity contribution in [3.63, 3.8) is 0 Å². The summed E-state index contributed by atoms with van der Waals surface area (Å²) in [6, 6.07) is 9.31. The molecule has 7 heteroatoms. The van der Waals surface area contributed by atoms with Crippen LogP contribution in [0.1, 0.15) is 20.8 Å². The lowest BCUT2D eigenvalue weighted by Gasteiger charge is -2.08. The van der Waals surface area contributed by atoms with Crippen LogP contribution in [0.5, 0.6) is 0 Å². The molecule has 3 aromatic rings. The van der Waals surface area contributed by atoms with E-state index in [4.69, 9.17) is 0 Å². The van der Waals surface area contributed by atoms with Gasteiger partial charge in [-0.05, 0) is 18.1 Å². The maximum Gasteiger partial charge on any atom is 0.329 e. The summed E-state index contributed by atoms with van der Waals surface area (Å²) in [4.78, 5) is 42.4. The van der Waals surface area contributed by atoms with Crippen LogP contribution >= 0.6 is 11.3 Å². The molecule has 124 valence electrons. The molecule has 2 heterocycles. The Labute approximate surface area is 142 Å². The summed E-state index contributed by atoms with van der Waals surface area (Å²) in [6.07, 6.45) is 0. The van der Waals surface area contributed by atoms with Gasteiger partial charge in [-0.25, -0.2) is 4.79 Å². The quantitative estimate of drug-likeness (QED) is 0.788. The SMILES string of the molecule is Cc1c(C(=O)N(C)C)sc2[nH]c(=O)n(Cc3ccccc3)c(=O)c12. The fraction of sp³-hybridized carbons (Fsp3) is 0.235. The van der Waals surface area contributed by atoms with Gasteiger partial charge in [-0.15, -0.1) is 11.3 Å². The van der Waals surface area contributed by atoms with E-state index in [9.17, 15) is 14.4 Å². The Bertz CT molecular complexity index is 1030. The highest BCUT2D eigenvalue weighted by molar-refractivity contribution is 7.20. The molecule has 0 aliphatic carbocycles. The molecular formula is C17H17N3O3S. The second-order valence-electron chi connectivity index (χ2n) is 5.77. The fourth-order valence-electron chi connectivity index (χ4n) is 2.57. The summed E-state index contributed by atoms with van der Waals surface area (Å²) in [5.74, 6) is -0.177. The van der Waals surface area contributed by atoms with Crippen LogP contribution < -0.4 is 11.2 Å². The highest BCUT2D eigenvalue weighted by atomic mass is 32.1. The zero-order valence-corrected chi connectivity index (χ0v) is 14.4. The highest BCUT2D eigenvalue weighted by Gasteiger charge is 2.21. The van der Waals surface area contributed by atoms with Crippen molar-refractivity contribution >= 4 is 27.5 Å². The normalized spacial score (nSPS) is 11.0. The minimum absolute atomic E-state index is 0.177. The van der Waals surface area contributed by atoms with Gasteiger partial charge < -0.3 is 4.90 Å². The number of hydrogen-bond acceptors (Lipinski definition) is 4. The molecular weight excluding hydrogens is 326 g/mol. The number of benzene rings is 1. The number of H-pyrrole nitrogens is 1. The molecule has 0 atom stereocenters. The van der Waals surface area contributed by atoms with Crippen molar-refractivity contribution in [2.75, 3.05) is 14.1 Å². The minimum Gasteiger partial charge on any atom is -0.344 e. The van der Waals surface area contributed by atoms with Gasteiger partial charge in [0, 0.05) is 14.1 Å². The summed E-state index contributed by atoms with van der Waals surface area (Å²) in [5, 5.41) is 0.403. The lowest BCUT2D eigenvalue weighted by Crippen LogP contribution is -2.35. The highest BCUT2D eigenvalue weighted by Crippen LogP contribution is 2.27. The third kappa shape index (κ3) is 2.67. The Morgan fingerprint density at radius 2 is 1.88 bits per heavy atom. The van der Waals surface area contributed by atoms with E-state index in [1.54, 1.807) is 21.0 Å². The summed E-state index contributed by atoms with van der Waals surface area (Å²) < 4.78 is 1.17. The van der Waals surface area contributed by atoms with Crippen molar-refractivity contribution in [1.29, 1.82) is 0 Å². The van der Waals surface area contributed by atoms with Crippen molar-refractivity contribution in [2.45, 2.75) is 13.5 Å². The number of aromatic nitrogens is 2. The number of rotatable bonds is 3. The maximum absolute atomic E-state index is 12.8. The van der Waals surface area contributed by atoms with E-state index in [2.05, 4.69) is 4.98 Å². The topological polar surface area (TPSA) is 75.2 Å². The summed E-state index contributed by atoms with van der Waals surface area (Å²) >= 11 is 1.14. The molecule has 0 aliphatic heterocycles. The minimum atomic E-state index is -0.471. The first-order valence-corrected chi connectivity index (χ1v) is 8.23. The van der Waals surface area contributed by atoms with Crippen molar-refractivity contribution < 1.29 is 4.79 Å². The number of carbonyl (C=O) groups is 1. The molecule has 1 amide bonds. The molecule has 0 saturated heterocycles. The predicted octanol–water partition coefficient (Wildman–Crippen LogP) is 1.81. The number of thiophene rings is 1. The number of hydrogen-bond donors (Lipinski definition) is 1. The van der Waals surface area contributed by atoms with Gasteiger partial charge in [0.15, 0.2) is 0 Å². The zero-order valence-electron chi connectivity index (χ0n) is 13.6. The molecule has 0 fully saturated rings. The number of carbonyl (C=O) groups excluding carboxylic acids is 1. The molecule has 0 unspecified atom stereocenters. The third-order valence-corrected chi connectivity index (χ3v) is 5.05. The van der Waals surface area contributed by atoms with Crippen molar-refractivity contribution in [3.8, 4) is 0 Å². The van der Waals surface area contributed by atoms with E-state index in [1.165, 1.54) is 9.47 Å². The molecule has 2 aromatic heterocycles. The Hall–Kier alpha value is -2.67. The van der Waals surface area contributed by atoms with E-state index in [0.717, 1.165) is 16.9 Å². The largest absolute Gasteiger partial charge is 0.344 e. The van der Waals surface area contributed by atoms with E-state index >= 15 is 0 Å². The third-order valence-electron chi connectivity index (χ3n) is 3.86. The second-order valence-corrected chi connectivity index (χ2v) is 6.79. The molecule has 6 nitrogen and oxygen atoms in total. The van der Waals surface area contributed by atoms with Crippen molar-refractivity contribution in [3.05, 3.63) is 67.2 Å². The van der Waals surface area contributed by atoms with Gasteiger partial charge in [0.1, 0.15) is 4.83 Å². The number of amides is 1. The second kappa shape index (κ2) is 6.09. The van der Waals surface area contributed by atoms with Crippen molar-refractivity contribution in [2.24, 2.45) is 0 Å². The van der Waals surface area contributed by atoms with E-state index < -0.39 is 5.69 Å². The number of aromatic amines is 1. The average molecular weight is 343 g/mol. The Balaban J connectivity index is 2.20. The molecule has 0 bridgehead atoms. The Kier molecular flexibility index (Phi) is 4.11. The molecule has 0 saturated carbocycles. The molecule has 3 rings (SSSR count). The van der Waals surface area contributed by atoms with Crippen LogP contribution in [0, 0.1) is 6.92 Å². The molecule has 0 spiro atoms. The van der Waals surface area contributed by atoms with Gasteiger partial charge in [-0.2, -0.15) is 0 Å². The van der Waals surface area contributed by atoms with Crippen LogP contribution in [0.25, 0.3) is 10.2 Å². The van der Waals surface area contributed by atoms with Gasteiger partial charge in [0.25, 0.3) is 11.5 Å². The standard InChI is InChI=1S/C17H17N3O3S/c1-10-12-14(24-13(10)16(22)19(2)3)18-17(23)20(15(12)21)9-11-7-5-4-6-8-11/h4-8H,9H2,1-3H3,(H,18,23). The van der Waals surface area contributed by atoms with Gasteiger partial charge in [-0.1, -0.05) is 30.3 Å². The Morgan fingerprint density at radius 3 is 2.50 bits per heavy atom. The summed E-state index contributed by atoms with van der Waals surface area (Å²) in [6.45, 7) is 1.93. The zero-order chi connectivity index (χ0) is 17.4. The predicted molar refractivity (Wildman–Crippen MR) is 95.0 cm³/mol. The van der Waals surface area contributed by atoms with E-state index in [0.29, 0.717) is 20.7 Å². The Morgan fingerprint density at radius 1 is 1.21 bits per heavy atom. The lowest BCUT2D eigenvalue weighted by atomic mass is 10.2. The van der Waals surface area contributed by atoms with Crippen LogP contribution in [0.3, 0.4) is 0 Å². The maximum atomic E-state index is 12.8. The number of fused-ring (bicyclic) bond motifs is 1. The van der Waals surface area contributed by atoms with Crippen LogP contribution in [-0.4, -0.2) is 34.5 Å². The summed E-state index contributed by atoms with van der Waals surface area (Å²) in [7, 11) is 3.31. The lowest BCUT2D eigenvalue weighted by molar-refractivity contribution is 0.0831. The van der Waals surface area contributed by atoms with Crippen LogP contribution in [0.15, 0.2) is 39.9 Å². The average Bonchev–Trinajstić information content (AvgIpc) is 2.88. The molecule has 1 aromatic carbocycles. The molecule has 24 heavy (non-hydrogen) atoms. The van der Waals surface area contributed by atoms with Crippen LogP contribution in [0.4, 0.5) is 0 Å². The first kappa shape index (κ1) is 16.2. The summed E-state index contributed by atoms with van der Waals surface area (Å²) in [5.41, 5.74) is 0.629. The smallest absolute Gasteiger partial charge is 0.329 e. The number of nitrogens with one attached hydrogen (secondary N) is 1. The molecule has 1 N–H and O–H groups in total. The first-order chi connectivity index (χ1) is 11.4. The monoisotopic (exact) mass is 343 g/mol. The van der Waals surface area contributed by atoms with Gasteiger partial charge in [0.2, 0.25) is 0 Å². The fourth-order valence-corrected chi connectivity index (χ4v) is 3.78. The number of aryl methyl sites for hydroxylation is 1. The number of nitrogens with zero attached hydrogens (tertiary/aromatic N) is 2. The molecule has 0 radical (unpaired) electrons. The van der Waals surface area contributed by atoms with Gasteiger partial charge in [0.05, 0.1) is 16.8 Å². The first-order valence-electron chi connectivity index (χ1n) is 7.42. The molecule has 0 aliphatic rings. The van der Waals surface area contributed by atoms with E-state index in [1.807, 2.05) is 30.3 Å². The van der Waals surface area contributed by atoms with Crippen LogP contribution in [0.2, 0.25) is 0 Å². The van der Waals surface area contributed by atoms with Gasteiger partial charge >= 0.3 is 5.69 Å².